The Morgan fingerprint density at radius 1 is 0.505 bits per heavy atom. The van der Waals surface area contributed by atoms with E-state index in [1.165, 1.54) is 11.6 Å². The Labute approximate surface area is 605 Å². The third-order valence-electron chi connectivity index (χ3n) is 14.1. The summed E-state index contributed by atoms with van der Waals surface area (Å²) in [5, 5.41) is 20.0. The van der Waals surface area contributed by atoms with Crippen molar-refractivity contribution in [1.29, 1.82) is 0 Å². The molecule has 0 amide bonds. The lowest BCUT2D eigenvalue weighted by atomic mass is 10.1. The number of aromatic nitrogens is 10. The van der Waals surface area contributed by atoms with Crippen molar-refractivity contribution in [3.05, 3.63) is 185 Å². The van der Waals surface area contributed by atoms with Gasteiger partial charge in [0.15, 0.2) is 5.78 Å². The fourth-order valence-electron chi connectivity index (χ4n) is 8.68. The molecule has 2 unspecified atom stereocenters. The number of pyridine rings is 6. The van der Waals surface area contributed by atoms with Crippen LogP contribution in [-0.4, -0.2) is 141 Å². The number of sulfone groups is 1. The highest BCUT2D eigenvalue weighted by atomic mass is 79.9. The summed E-state index contributed by atoms with van der Waals surface area (Å²) < 4.78 is 77.7. The van der Waals surface area contributed by atoms with Crippen LogP contribution < -0.4 is 23.7 Å². The van der Waals surface area contributed by atoms with Crippen LogP contribution in [0.3, 0.4) is 0 Å². The number of aliphatic hydroxyl groups excluding tert-OH is 1. The van der Waals surface area contributed by atoms with E-state index in [4.69, 9.17) is 47.7 Å². The third-order valence-corrected chi connectivity index (χ3v) is 16.3. The van der Waals surface area contributed by atoms with Crippen molar-refractivity contribution in [2.45, 2.75) is 139 Å². The SMILES string of the molecule is C=C(C)c1cccc(OCC(C)C)n1.CC(=O)c1cccc(OCC(C)C)n1.CC(C)COc1cccc(C(C)CO)n1.CC(C)COc1cccc(C(C)CS(=O)(=O)c2nnnn2-c2ccccc2)n1.CC(C)COc1cccc(C2(C)OCCO2)n1.CC1(c2cccc(Br)n2)OCCO1. The molecule has 0 radical (unpaired) electrons. The topological polar surface area (TPSA) is 275 Å². The molecule has 1 aromatic carbocycles. The van der Waals surface area contributed by atoms with Crippen molar-refractivity contribution in [2.75, 3.05) is 71.8 Å². The number of halogens is 1. The number of ketones is 1. The second kappa shape index (κ2) is 42.3. The molecule has 23 nitrogen and oxygen atoms in total. The van der Waals surface area contributed by atoms with Crippen molar-refractivity contribution < 1.29 is 61.0 Å². The summed E-state index contributed by atoms with van der Waals surface area (Å²) in [6.45, 7) is 41.4. The van der Waals surface area contributed by atoms with Gasteiger partial charge in [-0.1, -0.05) is 149 Å². The number of carbonyl (C=O) groups excluding carboxylic acids is 1. The Hall–Kier alpha value is -8.17. The van der Waals surface area contributed by atoms with Crippen LogP contribution in [0.5, 0.6) is 29.4 Å². The molecule has 9 heterocycles. The van der Waals surface area contributed by atoms with Gasteiger partial charge in [-0.15, -0.1) is 0 Å². The van der Waals surface area contributed by atoms with Gasteiger partial charge in [-0.3, -0.25) is 4.79 Å². The molecule has 2 aliphatic heterocycles. The van der Waals surface area contributed by atoms with Gasteiger partial charge in [0.2, 0.25) is 50.8 Å². The molecule has 0 bridgehead atoms. The number of rotatable bonds is 26. The molecule has 0 saturated carbocycles. The second-order valence-corrected chi connectivity index (χ2v) is 29.1. The lowest BCUT2D eigenvalue weighted by Crippen LogP contribution is -2.24. The summed E-state index contributed by atoms with van der Waals surface area (Å²) in [6, 6.07) is 42.3. The van der Waals surface area contributed by atoms with Gasteiger partial charge in [0.25, 0.3) is 5.16 Å². The molecule has 101 heavy (non-hydrogen) atoms. The Bertz CT molecular complexity index is 3800. The van der Waals surface area contributed by atoms with Crippen molar-refractivity contribution in [3.8, 4) is 35.1 Å². The standard InChI is InChI=1S/C19H23N5O3S.C13H19NO3.C12H19NO2.C12H17NO.C11H15NO2.C9H10BrNO2/c1-14(2)12-27-18-11-7-10-17(20-18)15(3)13-28(25,26)19-21-22-23-24(19)16-8-5-4-6-9-16;1-10(2)9-15-12-6-4-5-11(14-12)13(3)16-7-8-17-13;1-9(2)8-15-12-6-4-5-11(13-12)10(3)7-14;1-9(2)8-14-12-7-5-6-11(13-12)10(3)4;1-8(2)7-14-11-6-4-5-10(12-11)9(3)13;1-9(12-5-6-13-9)7-3-2-4-8(10)11-7/h4-11,14-15H,12-13H2,1-3H3;4-6,10H,7-9H2,1-3H3;4-6,9-10,14H,7-8H2,1-3H3;5-7,9H,3,8H2,1-2,4H3;4-6,8H,7H2,1-3H3;2-4H,5-6H2,1H3. The number of Topliss-reactive ketones (excluding diaryl/α,β-unsaturated/α-hetero) is 1. The van der Waals surface area contributed by atoms with Crippen molar-refractivity contribution in [2.24, 2.45) is 29.6 Å². The summed E-state index contributed by atoms with van der Waals surface area (Å²) in [5.41, 5.74) is 5.97. The third kappa shape index (κ3) is 29.7. The summed E-state index contributed by atoms with van der Waals surface area (Å²) in [4.78, 5) is 36.9. The molecule has 10 rings (SSSR count). The summed E-state index contributed by atoms with van der Waals surface area (Å²) >= 11 is 3.31. The van der Waals surface area contributed by atoms with E-state index in [0.717, 1.165) is 33.0 Å². The average molecular weight is 1480 g/mol. The molecule has 0 aliphatic carbocycles. The number of nitrogens with zero attached hydrogens (tertiary/aromatic N) is 10. The normalized spacial score (nSPS) is 14.1. The first-order valence-electron chi connectivity index (χ1n) is 34.0. The van der Waals surface area contributed by atoms with Gasteiger partial charge in [-0.25, -0.2) is 38.3 Å². The number of tetrazole rings is 1. The largest absolute Gasteiger partial charge is 0.477 e. The van der Waals surface area contributed by atoms with Crippen LogP contribution in [0.4, 0.5) is 0 Å². The number of para-hydroxylation sites is 1. The number of hydrogen-bond donors (Lipinski definition) is 1. The number of allylic oxidation sites excluding steroid dienone is 1. The zero-order valence-corrected chi connectivity index (χ0v) is 63.8. The maximum atomic E-state index is 12.9. The predicted molar refractivity (Wildman–Crippen MR) is 393 cm³/mol. The van der Waals surface area contributed by atoms with Crippen LogP contribution in [0.15, 0.2) is 156 Å². The molecular weight excluding hydrogens is 1370 g/mol. The highest BCUT2D eigenvalue weighted by Gasteiger charge is 2.36. The first-order valence-corrected chi connectivity index (χ1v) is 36.5. The van der Waals surface area contributed by atoms with Gasteiger partial charge >= 0.3 is 0 Å². The highest BCUT2D eigenvalue weighted by Crippen LogP contribution is 2.32. The van der Waals surface area contributed by atoms with Crippen LogP contribution in [-0.2, 0) is 40.4 Å². The Kier molecular flexibility index (Phi) is 35.0. The minimum Gasteiger partial charge on any atom is -0.477 e. The molecule has 548 valence electrons. The van der Waals surface area contributed by atoms with E-state index in [2.05, 4.69) is 137 Å². The summed E-state index contributed by atoms with van der Waals surface area (Å²) in [6.07, 6.45) is 0. The predicted octanol–water partition coefficient (Wildman–Crippen LogP) is 14.7. The number of benzene rings is 1. The molecule has 0 spiro atoms. The molecule has 2 aliphatic rings. The number of aliphatic hydroxyl groups is 1. The average Bonchev–Trinajstić information content (AvgIpc) is 1.73. The molecular formula is C76H103BrN10O13S. The van der Waals surface area contributed by atoms with Crippen LogP contribution in [0.25, 0.3) is 11.3 Å². The van der Waals surface area contributed by atoms with Crippen LogP contribution in [0, 0.1) is 29.6 Å². The zero-order valence-electron chi connectivity index (χ0n) is 61.4. The van der Waals surface area contributed by atoms with E-state index in [-0.39, 0.29) is 35.1 Å². The molecule has 2 fully saturated rings. The van der Waals surface area contributed by atoms with E-state index >= 15 is 0 Å². The zero-order chi connectivity index (χ0) is 74.1. The Balaban J connectivity index is 0.000000224. The Morgan fingerprint density at radius 2 is 0.881 bits per heavy atom. The lowest BCUT2D eigenvalue weighted by Gasteiger charge is -2.21. The molecule has 25 heteroatoms. The molecule has 1 N–H and O–H groups in total. The van der Waals surface area contributed by atoms with E-state index in [9.17, 15) is 13.2 Å². The van der Waals surface area contributed by atoms with Gasteiger partial charge in [0, 0.05) is 60.5 Å². The molecule has 8 aromatic rings. The second-order valence-electron chi connectivity index (χ2n) is 26.4. The fourth-order valence-corrected chi connectivity index (χ4v) is 10.6. The molecule has 2 atom stereocenters. The van der Waals surface area contributed by atoms with Crippen LogP contribution in [0.1, 0.15) is 162 Å². The maximum Gasteiger partial charge on any atom is 0.272 e. The number of ether oxygens (including phenoxy) is 9. The maximum absolute atomic E-state index is 12.9. The number of carbonyl (C=O) groups is 1. The van der Waals surface area contributed by atoms with E-state index in [1.54, 1.807) is 54.6 Å². The number of hydrogen-bond acceptors (Lipinski definition) is 22. The van der Waals surface area contributed by atoms with Gasteiger partial charge in [-0.05, 0) is 137 Å². The van der Waals surface area contributed by atoms with Crippen molar-refractivity contribution in [3.63, 3.8) is 0 Å². The lowest BCUT2D eigenvalue weighted by molar-refractivity contribution is -0.153. The fraction of sp³-hybridized carbons (Fsp3) is 0.474. The van der Waals surface area contributed by atoms with Gasteiger partial charge < -0.3 is 47.7 Å². The minimum atomic E-state index is -3.74. The molecule has 2 saturated heterocycles. The van der Waals surface area contributed by atoms with Gasteiger partial charge in [0.05, 0.1) is 83.2 Å². The highest BCUT2D eigenvalue weighted by molar-refractivity contribution is 9.10. The first-order chi connectivity index (χ1) is 48.0. The first kappa shape index (κ1) is 83.5. The monoisotopic (exact) mass is 1470 g/mol. The van der Waals surface area contributed by atoms with Crippen molar-refractivity contribution >= 4 is 37.1 Å². The smallest absolute Gasteiger partial charge is 0.272 e. The van der Waals surface area contributed by atoms with Crippen molar-refractivity contribution in [1.82, 2.24) is 50.1 Å². The molecule has 7 aromatic heterocycles. The van der Waals surface area contributed by atoms with Crippen LogP contribution >= 0.6 is 15.9 Å². The van der Waals surface area contributed by atoms with Gasteiger partial charge in [0.1, 0.15) is 21.7 Å². The quantitative estimate of drug-likeness (QED) is 0.0389. The minimum absolute atomic E-state index is 0.0417. The summed E-state index contributed by atoms with van der Waals surface area (Å²) in [5.74, 6) is 3.39. The van der Waals surface area contributed by atoms with E-state index in [0.29, 0.717) is 136 Å². The van der Waals surface area contributed by atoms with Gasteiger partial charge in [-0.2, -0.15) is 4.68 Å². The Morgan fingerprint density at radius 3 is 1.30 bits per heavy atom. The van der Waals surface area contributed by atoms with E-state index < -0.39 is 21.4 Å². The van der Waals surface area contributed by atoms with Crippen LogP contribution in [0.2, 0.25) is 0 Å². The summed E-state index contributed by atoms with van der Waals surface area (Å²) in [7, 11) is -3.74. The van der Waals surface area contributed by atoms with E-state index in [1.807, 2.05) is 120 Å².